The second-order valence-electron chi connectivity index (χ2n) is 5.97. The summed E-state index contributed by atoms with van der Waals surface area (Å²) in [6.45, 7) is 6.22. The molecule has 1 aliphatic heterocycles. The zero-order chi connectivity index (χ0) is 15.3. The molecule has 6 nitrogen and oxygen atoms in total. The van der Waals surface area contributed by atoms with Crippen molar-refractivity contribution in [3.05, 3.63) is 0 Å². The minimum atomic E-state index is -3.58. The van der Waals surface area contributed by atoms with Crippen molar-refractivity contribution in [2.24, 2.45) is 11.8 Å². The standard InChI is InChI=1S/C13H26N2O4S/c1-10(2)8-12(13(16)17)9-14-20(18,19)15-7-5-4-6-11(15)3/h10-12,14H,4-9H2,1-3H3,(H,16,17). The first-order valence-corrected chi connectivity index (χ1v) is 8.67. The van der Waals surface area contributed by atoms with E-state index in [0.29, 0.717) is 13.0 Å². The molecule has 1 heterocycles. The van der Waals surface area contributed by atoms with Crippen molar-refractivity contribution in [1.29, 1.82) is 0 Å². The Kier molecular flexibility index (Phi) is 6.42. The summed E-state index contributed by atoms with van der Waals surface area (Å²) in [4.78, 5) is 11.1. The summed E-state index contributed by atoms with van der Waals surface area (Å²) in [6.07, 6.45) is 3.22. The highest BCUT2D eigenvalue weighted by Crippen LogP contribution is 2.19. The molecular formula is C13H26N2O4S. The van der Waals surface area contributed by atoms with Crippen LogP contribution in [0.5, 0.6) is 0 Å². The number of aliphatic carboxylic acids is 1. The van der Waals surface area contributed by atoms with E-state index in [9.17, 15) is 13.2 Å². The molecular weight excluding hydrogens is 280 g/mol. The molecule has 0 radical (unpaired) electrons. The number of carboxylic acid groups (broad SMARTS) is 1. The number of carbonyl (C=O) groups is 1. The second-order valence-corrected chi connectivity index (χ2v) is 7.68. The molecule has 0 aromatic rings. The van der Waals surface area contributed by atoms with Crippen LogP contribution in [0.15, 0.2) is 0 Å². The number of hydrogen-bond acceptors (Lipinski definition) is 3. The van der Waals surface area contributed by atoms with Crippen molar-refractivity contribution in [3.8, 4) is 0 Å². The van der Waals surface area contributed by atoms with Crippen molar-refractivity contribution < 1.29 is 18.3 Å². The van der Waals surface area contributed by atoms with Crippen LogP contribution in [0.1, 0.15) is 46.5 Å². The number of nitrogens with zero attached hydrogens (tertiary/aromatic N) is 1. The molecule has 0 amide bonds. The van der Waals surface area contributed by atoms with Gasteiger partial charge in [-0.25, -0.2) is 4.72 Å². The molecule has 0 spiro atoms. The van der Waals surface area contributed by atoms with Gasteiger partial charge >= 0.3 is 5.97 Å². The Morgan fingerprint density at radius 2 is 2.05 bits per heavy atom. The van der Waals surface area contributed by atoms with Gasteiger partial charge in [-0.1, -0.05) is 20.3 Å². The molecule has 0 aromatic heterocycles. The number of carboxylic acids is 1. The Morgan fingerprint density at radius 3 is 2.55 bits per heavy atom. The summed E-state index contributed by atoms with van der Waals surface area (Å²) in [5, 5.41) is 9.13. The van der Waals surface area contributed by atoms with Gasteiger partial charge in [-0.05, 0) is 32.1 Å². The van der Waals surface area contributed by atoms with Crippen LogP contribution in [-0.4, -0.2) is 42.9 Å². The van der Waals surface area contributed by atoms with E-state index < -0.39 is 22.1 Å². The van der Waals surface area contributed by atoms with Crippen LogP contribution in [0.2, 0.25) is 0 Å². The average molecular weight is 306 g/mol. The largest absolute Gasteiger partial charge is 0.481 e. The number of hydrogen-bond donors (Lipinski definition) is 2. The number of nitrogens with one attached hydrogen (secondary N) is 1. The van der Waals surface area contributed by atoms with Crippen molar-refractivity contribution in [3.63, 3.8) is 0 Å². The Morgan fingerprint density at radius 1 is 1.40 bits per heavy atom. The molecule has 1 rings (SSSR count). The first-order valence-electron chi connectivity index (χ1n) is 7.23. The van der Waals surface area contributed by atoms with Crippen molar-refractivity contribution in [2.45, 2.75) is 52.5 Å². The Labute approximate surface area is 121 Å². The fraction of sp³-hybridized carbons (Fsp3) is 0.923. The van der Waals surface area contributed by atoms with Gasteiger partial charge in [-0.2, -0.15) is 12.7 Å². The van der Waals surface area contributed by atoms with Gasteiger partial charge in [0, 0.05) is 19.1 Å². The molecule has 0 aliphatic carbocycles. The van der Waals surface area contributed by atoms with E-state index in [0.717, 1.165) is 19.3 Å². The predicted molar refractivity (Wildman–Crippen MR) is 77.5 cm³/mol. The molecule has 1 aliphatic rings. The van der Waals surface area contributed by atoms with Crippen molar-refractivity contribution >= 4 is 16.2 Å². The van der Waals surface area contributed by atoms with Crippen LogP contribution < -0.4 is 4.72 Å². The van der Waals surface area contributed by atoms with Gasteiger partial charge < -0.3 is 5.11 Å². The molecule has 0 saturated carbocycles. The summed E-state index contributed by atoms with van der Waals surface area (Å²) in [5.41, 5.74) is 0. The minimum Gasteiger partial charge on any atom is -0.481 e. The summed E-state index contributed by atoms with van der Waals surface area (Å²) in [7, 11) is -3.58. The van der Waals surface area contributed by atoms with Crippen LogP contribution in [0, 0.1) is 11.8 Å². The maximum Gasteiger partial charge on any atom is 0.307 e. The molecule has 7 heteroatoms. The van der Waals surface area contributed by atoms with Crippen LogP contribution in [0.4, 0.5) is 0 Å². The molecule has 2 unspecified atom stereocenters. The molecule has 118 valence electrons. The van der Waals surface area contributed by atoms with Crippen LogP contribution in [0.25, 0.3) is 0 Å². The van der Waals surface area contributed by atoms with Gasteiger partial charge in [0.15, 0.2) is 0 Å². The molecule has 0 aromatic carbocycles. The molecule has 1 fully saturated rings. The highest BCUT2D eigenvalue weighted by Gasteiger charge is 2.30. The number of piperidine rings is 1. The Balaban J connectivity index is 2.63. The summed E-state index contributed by atoms with van der Waals surface area (Å²) >= 11 is 0. The lowest BCUT2D eigenvalue weighted by Gasteiger charge is -2.32. The zero-order valence-corrected chi connectivity index (χ0v) is 13.3. The maximum atomic E-state index is 12.2. The third-order valence-corrected chi connectivity index (χ3v) is 5.36. The van der Waals surface area contributed by atoms with E-state index in [2.05, 4.69) is 4.72 Å². The Bertz CT molecular complexity index is 422. The van der Waals surface area contributed by atoms with Crippen molar-refractivity contribution in [1.82, 2.24) is 9.03 Å². The van der Waals surface area contributed by atoms with Gasteiger partial charge in [-0.3, -0.25) is 4.79 Å². The van der Waals surface area contributed by atoms with E-state index in [-0.39, 0.29) is 18.5 Å². The van der Waals surface area contributed by atoms with Gasteiger partial charge in [-0.15, -0.1) is 0 Å². The lowest BCUT2D eigenvalue weighted by atomic mass is 9.98. The van der Waals surface area contributed by atoms with E-state index in [1.807, 2.05) is 20.8 Å². The van der Waals surface area contributed by atoms with E-state index in [1.165, 1.54) is 4.31 Å². The molecule has 2 N–H and O–H groups in total. The third-order valence-electron chi connectivity index (χ3n) is 3.67. The van der Waals surface area contributed by atoms with Gasteiger partial charge in [0.1, 0.15) is 0 Å². The fourth-order valence-electron chi connectivity index (χ4n) is 2.56. The smallest absolute Gasteiger partial charge is 0.307 e. The van der Waals surface area contributed by atoms with Gasteiger partial charge in [0.05, 0.1) is 5.92 Å². The third kappa shape index (κ3) is 5.03. The lowest BCUT2D eigenvalue weighted by molar-refractivity contribution is -0.142. The first-order chi connectivity index (χ1) is 9.24. The van der Waals surface area contributed by atoms with Crippen LogP contribution >= 0.6 is 0 Å². The SMILES string of the molecule is CC(C)CC(CNS(=O)(=O)N1CCCCC1C)C(=O)O. The van der Waals surface area contributed by atoms with E-state index in [4.69, 9.17) is 5.11 Å². The molecule has 0 bridgehead atoms. The monoisotopic (exact) mass is 306 g/mol. The normalized spacial score (nSPS) is 22.9. The topological polar surface area (TPSA) is 86.7 Å². The van der Waals surface area contributed by atoms with Gasteiger partial charge in [0.2, 0.25) is 0 Å². The minimum absolute atomic E-state index is 0.0189. The van der Waals surface area contributed by atoms with Crippen LogP contribution in [0.3, 0.4) is 0 Å². The predicted octanol–water partition coefficient (Wildman–Crippen LogP) is 1.44. The fourth-order valence-corrected chi connectivity index (χ4v) is 4.08. The molecule has 1 saturated heterocycles. The average Bonchev–Trinajstić information content (AvgIpc) is 2.34. The maximum absolute atomic E-state index is 12.2. The van der Waals surface area contributed by atoms with Gasteiger partial charge in [0.25, 0.3) is 10.2 Å². The highest BCUT2D eigenvalue weighted by atomic mass is 32.2. The Hall–Kier alpha value is -0.660. The quantitative estimate of drug-likeness (QED) is 0.745. The summed E-state index contributed by atoms with van der Waals surface area (Å²) in [5.74, 6) is -1.41. The van der Waals surface area contributed by atoms with E-state index >= 15 is 0 Å². The van der Waals surface area contributed by atoms with Crippen LogP contribution in [-0.2, 0) is 15.0 Å². The number of rotatable bonds is 7. The first kappa shape index (κ1) is 17.4. The second kappa shape index (κ2) is 7.38. The highest BCUT2D eigenvalue weighted by molar-refractivity contribution is 7.87. The van der Waals surface area contributed by atoms with Crippen molar-refractivity contribution in [2.75, 3.05) is 13.1 Å². The molecule has 2 atom stereocenters. The van der Waals surface area contributed by atoms with E-state index in [1.54, 1.807) is 0 Å². The summed E-state index contributed by atoms with van der Waals surface area (Å²) in [6, 6.07) is -0.0189. The molecule has 20 heavy (non-hydrogen) atoms. The lowest BCUT2D eigenvalue weighted by Crippen LogP contribution is -2.49. The zero-order valence-electron chi connectivity index (χ0n) is 12.5. The summed E-state index contributed by atoms with van der Waals surface area (Å²) < 4.78 is 28.4.